The zero-order chi connectivity index (χ0) is 21.0. The smallest absolute Gasteiger partial charge is 0.287 e. The second-order valence-electron chi connectivity index (χ2n) is 7.40. The van der Waals surface area contributed by atoms with Gasteiger partial charge in [0.15, 0.2) is 0 Å². The highest BCUT2D eigenvalue weighted by molar-refractivity contribution is 5.75. The highest BCUT2D eigenvalue weighted by Gasteiger charge is 2.42. The molecule has 0 aliphatic carbocycles. The maximum Gasteiger partial charge on any atom is 0.287 e. The normalized spacial score (nSPS) is 11.4. The number of hydrogen-bond acceptors (Lipinski definition) is 2. The standard InChI is InChI=1S/C26H23FN2O/c1-19(30)17-18-23-24(29-25(27)28-23)26(20-11-5-2-6-12-20,21-13-7-3-8-14-21)22-15-9-4-10-16-22/h2-16H,17-18H2,1H3,(H,28,29). The second kappa shape index (κ2) is 8.46. The molecule has 0 bridgehead atoms. The Morgan fingerprint density at radius 1 is 0.833 bits per heavy atom. The van der Waals surface area contributed by atoms with E-state index in [-0.39, 0.29) is 5.78 Å². The third kappa shape index (κ3) is 3.57. The van der Waals surface area contributed by atoms with E-state index in [0.717, 1.165) is 16.7 Å². The van der Waals surface area contributed by atoms with Crippen LogP contribution in [0.3, 0.4) is 0 Å². The fraction of sp³-hybridized carbons (Fsp3) is 0.154. The van der Waals surface area contributed by atoms with Crippen molar-refractivity contribution in [2.45, 2.75) is 25.2 Å². The molecule has 0 saturated heterocycles. The topological polar surface area (TPSA) is 45.8 Å². The van der Waals surface area contributed by atoms with Crippen LogP contribution in [0.15, 0.2) is 91.0 Å². The van der Waals surface area contributed by atoms with Crippen LogP contribution < -0.4 is 0 Å². The molecule has 0 amide bonds. The van der Waals surface area contributed by atoms with Gasteiger partial charge in [-0.3, -0.25) is 0 Å². The zero-order valence-electron chi connectivity index (χ0n) is 16.8. The fourth-order valence-electron chi connectivity index (χ4n) is 4.14. The van der Waals surface area contributed by atoms with Crippen LogP contribution in [0.5, 0.6) is 0 Å². The van der Waals surface area contributed by atoms with Gasteiger partial charge in [0.1, 0.15) is 5.78 Å². The molecule has 4 rings (SSSR count). The molecule has 0 aliphatic rings. The van der Waals surface area contributed by atoms with E-state index in [1.807, 2.05) is 91.0 Å². The molecule has 0 aliphatic heterocycles. The number of carbonyl (C=O) groups is 1. The third-order valence-electron chi connectivity index (χ3n) is 5.45. The predicted molar refractivity (Wildman–Crippen MR) is 116 cm³/mol. The molecule has 0 atom stereocenters. The first-order valence-corrected chi connectivity index (χ1v) is 10.0. The molecular formula is C26H23FN2O. The van der Waals surface area contributed by atoms with Crippen molar-refractivity contribution in [1.29, 1.82) is 0 Å². The summed E-state index contributed by atoms with van der Waals surface area (Å²) in [5, 5.41) is 0. The van der Waals surface area contributed by atoms with Crippen molar-refractivity contribution in [2.24, 2.45) is 0 Å². The number of hydrogen-bond donors (Lipinski definition) is 1. The third-order valence-corrected chi connectivity index (χ3v) is 5.45. The summed E-state index contributed by atoms with van der Waals surface area (Å²) in [6.07, 6.45) is 0.0783. The number of nitrogens with one attached hydrogen (secondary N) is 1. The molecule has 3 nitrogen and oxygen atoms in total. The number of halogens is 1. The van der Waals surface area contributed by atoms with Crippen LogP contribution in [-0.4, -0.2) is 15.8 Å². The first kappa shape index (κ1) is 19.8. The van der Waals surface area contributed by atoms with Crippen LogP contribution in [0.25, 0.3) is 0 Å². The summed E-state index contributed by atoms with van der Waals surface area (Å²) in [6, 6.07) is 30.0. The lowest BCUT2D eigenvalue weighted by Gasteiger charge is -2.35. The van der Waals surface area contributed by atoms with Gasteiger partial charge in [-0.1, -0.05) is 91.0 Å². The summed E-state index contributed by atoms with van der Waals surface area (Å²) in [6.45, 7) is 1.55. The van der Waals surface area contributed by atoms with Crippen molar-refractivity contribution in [1.82, 2.24) is 9.97 Å². The van der Waals surface area contributed by atoms with Crippen LogP contribution in [-0.2, 0) is 16.6 Å². The van der Waals surface area contributed by atoms with Crippen molar-refractivity contribution in [3.63, 3.8) is 0 Å². The van der Waals surface area contributed by atoms with Gasteiger partial charge in [-0.15, -0.1) is 0 Å². The maximum absolute atomic E-state index is 14.5. The average molecular weight is 398 g/mol. The molecule has 0 saturated carbocycles. The first-order chi connectivity index (χ1) is 14.6. The number of rotatable bonds is 7. The van der Waals surface area contributed by atoms with Gasteiger partial charge < -0.3 is 9.78 Å². The molecule has 150 valence electrons. The van der Waals surface area contributed by atoms with E-state index in [4.69, 9.17) is 0 Å². The number of aryl methyl sites for hydroxylation is 1. The number of Topliss-reactive ketones (excluding diaryl/α,β-unsaturated/α-hetero) is 1. The van der Waals surface area contributed by atoms with E-state index in [9.17, 15) is 9.18 Å². The van der Waals surface area contributed by atoms with Gasteiger partial charge in [0.25, 0.3) is 6.08 Å². The molecule has 1 aromatic heterocycles. The Bertz CT molecular complexity index is 1030. The Morgan fingerprint density at radius 3 is 1.67 bits per heavy atom. The molecule has 30 heavy (non-hydrogen) atoms. The lowest BCUT2D eigenvalue weighted by Crippen LogP contribution is -2.32. The molecule has 1 N–H and O–H groups in total. The minimum Gasteiger partial charge on any atom is -0.318 e. The first-order valence-electron chi connectivity index (χ1n) is 10.0. The van der Waals surface area contributed by atoms with Crippen LogP contribution in [0, 0.1) is 6.08 Å². The lowest BCUT2D eigenvalue weighted by molar-refractivity contribution is -0.117. The summed E-state index contributed by atoms with van der Waals surface area (Å²) < 4.78 is 14.5. The molecule has 0 spiro atoms. The monoisotopic (exact) mass is 398 g/mol. The second-order valence-corrected chi connectivity index (χ2v) is 7.40. The quantitative estimate of drug-likeness (QED) is 0.421. The van der Waals surface area contributed by atoms with E-state index in [1.165, 1.54) is 0 Å². The Morgan fingerprint density at radius 2 is 1.27 bits per heavy atom. The fourth-order valence-corrected chi connectivity index (χ4v) is 4.14. The number of aromatic amines is 1. The Hall–Kier alpha value is -3.53. The van der Waals surface area contributed by atoms with E-state index in [2.05, 4.69) is 9.97 Å². The Labute approximate surface area is 175 Å². The Balaban J connectivity index is 2.08. The Kier molecular flexibility index (Phi) is 5.57. The van der Waals surface area contributed by atoms with E-state index >= 15 is 0 Å². The van der Waals surface area contributed by atoms with Crippen molar-refractivity contribution in [2.75, 3.05) is 0 Å². The summed E-state index contributed by atoms with van der Waals surface area (Å²) in [5.74, 6) is 0.0562. The molecule has 0 fully saturated rings. The summed E-state index contributed by atoms with van der Waals surface area (Å²) in [4.78, 5) is 18.8. The number of benzene rings is 3. The van der Waals surface area contributed by atoms with Crippen LogP contribution in [0.4, 0.5) is 4.39 Å². The molecule has 0 unspecified atom stereocenters. The number of imidazole rings is 1. The van der Waals surface area contributed by atoms with Gasteiger partial charge in [0, 0.05) is 12.1 Å². The van der Waals surface area contributed by atoms with Gasteiger partial charge in [-0.25, -0.2) is 4.98 Å². The van der Waals surface area contributed by atoms with Crippen LogP contribution in [0.2, 0.25) is 0 Å². The summed E-state index contributed by atoms with van der Waals surface area (Å²) in [5.41, 5.74) is 3.36. The average Bonchev–Trinajstić information content (AvgIpc) is 3.16. The number of ketones is 1. The van der Waals surface area contributed by atoms with Crippen molar-refractivity contribution in [3.8, 4) is 0 Å². The van der Waals surface area contributed by atoms with Gasteiger partial charge in [-0.2, -0.15) is 4.39 Å². The number of carbonyl (C=O) groups excluding carboxylic acids is 1. The van der Waals surface area contributed by atoms with Crippen molar-refractivity contribution < 1.29 is 9.18 Å². The minimum absolute atomic E-state index is 0.0562. The minimum atomic E-state index is -0.823. The number of nitrogens with zero attached hydrogens (tertiary/aromatic N) is 1. The van der Waals surface area contributed by atoms with Crippen LogP contribution >= 0.6 is 0 Å². The molecule has 3 aromatic carbocycles. The van der Waals surface area contributed by atoms with Gasteiger partial charge in [0.2, 0.25) is 0 Å². The summed E-state index contributed by atoms with van der Waals surface area (Å²) >= 11 is 0. The lowest BCUT2D eigenvalue weighted by atomic mass is 9.66. The van der Waals surface area contributed by atoms with E-state index in [1.54, 1.807) is 6.92 Å². The molecule has 0 radical (unpaired) electrons. The van der Waals surface area contributed by atoms with Gasteiger partial charge in [0.05, 0.1) is 11.1 Å². The predicted octanol–water partition coefficient (Wildman–Crippen LogP) is 5.45. The van der Waals surface area contributed by atoms with Crippen LogP contribution in [0.1, 0.15) is 41.4 Å². The zero-order valence-corrected chi connectivity index (χ0v) is 16.8. The van der Waals surface area contributed by atoms with E-state index in [0.29, 0.717) is 24.2 Å². The summed E-state index contributed by atoms with van der Waals surface area (Å²) in [7, 11) is 0. The highest BCUT2D eigenvalue weighted by atomic mass is 19.1. The van der Waals surface area contributed by atoms with Gasteiger partial charge >= 0.3 is 0 Å². The number of H-pyrrole nitrogens is 1. The maximum atomic E-state index is 14.5. The van der Waals surface area contributed by atoms with Crippen molar-refractivity contribution >= 4 is 5.78 Å². The number of aromatic nitrogens is 2. The van der Waals surface area contributed by atoms with Gasteiger partial charge in [-0.05, 0) is 30.0 Å². The SMILES string of the molecule is CC(=O)CCc1[nH]c(F)nc1C(c1ccccc1)(c1ccccc1)c1ccccc1. The molecule has 4 heteroatoms. The van der Waals surface area contributed by atoms with Crippen molar-refractivity contribution in [3.05, 3.63) is 125 Å². The molecule has 4 aromatic rings. The largest absolute Gasteiger partial charge is 0.318 e. The van der Waals surface area contributed by atoms with E-state index < -0.39 is 11.5 Å². The molecule has 1 heterocycles. The molecular weight excluding hydrogens is 375 g/mol. The highest BCUT2D eigenvalue weighted by Crippen LogP contribution is 2.45.